The Morgan fingerprint density at radius 2 is 1.87 bits per heavy atom. The molecule has 7 heteroatoms. The highest BCUT2D eigenvalue weighted by atomic mass is 16.1. The molecule has 1 atom stereocenters. The zero-order valence-corrected chi connectivity index (χ0v) is 16.6. The van der Waals surface area contributed by atoms with Gasteiger partial charge in [0, 0.05) is 11.2 Å². The standard InChI is InChI=1S/C23H20N6O/c1-14-7-6-10-17-11-18(19(23(30)29(14)17)16-8-4-3-5-9-16)15(2)28-22-20-21(25-12-24-20)26-13-27-22/h3-13,15H,1-2H3,(H2,24,25,26,27,28)/t15-/m0/s1. The lowest BCUT2D eigenvalue weighted by Crippen LogP contribution is -2.22. The van der Waals surface area contributed by atoms with Gasteiger partial charge in [0.05, 0.1) is 17.9 Å². The van der Waals surface area contributed by atoms with Gasteiger partial charge >= 0.3 is 0 Å². The van der Waals surface area contributed by atoms with Gasteiger partial charge in [-0.3, -0.25) is 9.20 Å². The summed E-state index contributed by atoms with van der Waals surface area (Å²) in [5.74, 6) is 0.647. The summed E-state index contributed by atoms with van der Waals surface area (Å²) in [4.78, 5) is 29.4. The van der Waals surface area contributed by atoms with Crippen molar-refractivity contribution in [1.29, 1.82) is 0 Å². The SMILES string of the molecule is Cc1cccc2cc([C@H](C)Nc3ncnc4nc[nH]c34)c(-c3ccccc3)c(=O)n12. The number of imidazole rings is 1. The third-order valence-electron chi connectivity index (χ3n) is 5.33. The number of benzene rings is 1. The number of hydrogen-bond acceptors (Lipinski definition) is 5. The first kappa shape index (κ1) is 18.1. The van der Waals surface area contributed by atoms with Crippen molar-refractivity contribution in [2.75, 3.05) is 5.32 Å². The van der Waals surface area contributed by atoms with Crippen LogP contribution < -0.4 is 10.9 Å². The van der Waals surface area contributed by atoms with E-state index in [-0.39, 0.29) is 11.6 Å². The zero-order chi connectivity index (χ0) is 20.7. The minimum Gasteiger partial charge on any atom is -0.362 e. The number of aryl methyl sites for hydroxylation is 1. The molecule has 30 heavy (non-hydrogen) atoms. The van der Waals surface area contributed by atoms with Crippen LogP contribution in [0, 0.1) is 6.92 Å². The molecule has 148 valence electrons. The Kier molecular flexibility index (Phi) is 4.28. The summed E-state index contributed by atoms with van der Waals surface area (Å²) in [6, 6.07) is 17.5. The molecule has 4 aromatic heterocycles. The van der Waals surface area contributed by atoms with Crippen LogP contribution in [0.1, 0.15) is 24.2 Å². The van der Waals surface area contributed by atoms with Crippen molar-refractivity contribution >= 4 is 22.5 Å². The van der Waals surface area contributed by atoms with E-state index in [1.54, 1.807) is 10.7 Å². The normalized spacial score (nSPS) is 12.3. The average Bonchev–Trinajstić information content (AvgIpc) is 3.24. The summed E-state index contributed by atoms with van der Waals surface area (Å²) in [6.45, 7) is 3.97. The van der Waals surface area contributed by atoms with Gasteiger partial charge in [-0.05, 0) is 43.2 Å². The maximum atomic E-state index is 13.6. The van der Waals surface area contributed by atoms with Crippen LogP contribution in [0.25, 0.3) is 27.8 Å². The van der Waals surface area contributed by atoms with Crippen LogP contribution in [0.5, 0.6) is 0 Å². The molecule has 0 saturated carbocycles. The Hall–Kier alpha value is -4.00. The second kappa shape index (κ2) is 7.11. The summed E-state index contributed by atoms with van der Waals surface area (Å²) in [5.41, 5.74) is 5.53. The zero-order valence-electron chi connectivity index (χ0n) is 16.6. The monoisotopic (exact) mass is 396 g/mol. The van der Waals surface area contributed by atoms with Gasteiger partial charge in [-0.15, -0.1) is 0 Å². The topological polar surface area (TPSA) is 88.0 Å². The van der Waals surface area contributed by atoms with E-state index in [2.05, 4.69) is 31.3 Å². The number of aromatic amines is 1. The molecule has 0 amide bonds. The van der Waals surface area contributed by atoms with Crippen LogP contribution >= 0.6 is 0 Å². The third kappa shape index (κ3) is 2.91. The van der Waals surface area contributed by atoms with E-state index in [1.165, 1.54) is 6.33 Å². The second-order valence-electron chi connectivity index (χ2n) is 7.26. The molecule has 0 aliphatic rings. The third-order valence-corrected chi connectivity index (χ3v) is 5.33. The van der Waals surface area contributed by atoms with Crippen molar-refractivity contribution in [1.82, 2.24) is 24.3 Å². The molecule has 7 nitrogen and oxygen atoms in total. The van der Waals surface area contributed by atoms with Gasteiger partial charge in [0.1, 0.15) is 11.8 Å². The Labute approximate surface area is 172 Å². The molecule has 0 bridgehead atoms. The molecule has 0 saturated heterocycles. The first-order valence-corrected chi connectivity index (χ1v) is 9.75. The maximum absolute atomic E-state index is 13.6. The second-order valence-corrected chi connectivity index (χ2v) is 7.26. The number of fused-ring (bicyclic) bond motifs is 2. The van der Waals surface area contributed by atoms with Crippen molar-refractivity contribution in [3.8, 4) is 11.1 Å². The summed E-state index contributed by atoms with van der Waals surface area (Å²) >= 11 is 0. The van der Waals surface area contributed by atoms with Gasteiger partial charge in [-0.25, -0.2) is 15.0 Å². The van der Waals surface area contributed by atoms with Gasteiger partial charge in [0.25, 0.3) is 5.56 Å². The number of H-pyrrole nitrogens is 1. The number of anilines is 1. The fourth-order valence-corrected chi connectivity index (χ4v) is 3.89. The lowest BCUT2D eigenvalue weighted by molar-refractivity contribution is 0.867. The summed E-state index contributed by atoms with van der Waals surface area (Å²) in [6.07, 6.45) is 3.07. The lowest BCUT2D eigenvalue weighted by Gasteiger charge is -2.20. The minimum atomic E-state index is -0.181. The average molecular weight is 396 g/mol. The lowest BCUT2D eigenvalue weighted by atomic mass is 9.96. The van der Waals surface area contributed by atoms with Gasteiger partial charge in [-0.2, -0.15) is 0 Å². The van der Waals surface area contributed by atoms with Crippen molar-refractivity contribution in [3.63, 3.8) is 0 Å². The Balaban J connectivity index is 1.71. The predicted molar refractivity (Wildman–Crippen MR) is 118 cm³/mol. The van der Waals surface area contributed by atoms with Gasteiger partial charge in [0.15, 0.2) is 11.5 Å². The van der Waals surface area contributed by atoms with E-state index in [0.29, 0.717) is 17.0 Å². The van der Waals surface area contributed by atoms with Crippen LogP contribution in [0.15, 0.2) is 72.0 Å². The molecule has 0 spiro atoms. The van der Waals surface area contributed by atoms with Crippen LogP contribution in [-0.4, -0.2) is 24.3 Å². The Morgan fingerprint density at radius 3 is 2.70 bits per heavy atom. The largest absolute Gasteiger partial charge is 0.362 e. The fourth-order valence-electron chi connectivity index (χ4n) is 3.89. The number of pyridine rings is 2. The molecule has 2 N–H and O–H groups in total. The Bertz CT molecular complexity index is 1420. The Morgan fingerprint density at radius 1 is 1.03 bits per heavy atom. The number of rotatable bonds is 4. The molecular formula is C23H20N6O. The van der Waals surface area contributed by atoms with Crippen LogP contribution in [0.3, 0.4) is 0 Å². The van der Waals surface area contributed by atoms with Crippen LogP contribution in [-0.2, 0) is 0 Å². The number of aromatic nitrogens is 5. The minimum absolute atomic E-state index is 0.0326. The molecule has 0 fully saturated rings. The molecule has 5 aromatic rings. The van der Waals surface area contributed by atoms with E-state index in [4.69, 9.17) is 0 Å². The molecule has 0 unspecified atom stereocenters. The molecule has 5 rings (SSSR count). The van der Waals surface area contributed by atoms with E-state index in [0.717, 1.165) is 27.9 Å². The van der Waals surface area contributed by atoms with Crippen LogP contribution in [0.2, 0.25) is 0 Å². The van der Waals surface area contributed by atoms with Crippen molar-refractivity contribution in [3.05, 3.63) is 88.9 Å². The van der Waals surface area contributed by atoms with Gasteiger partial charge < -0.3 is 10.3 Å². The number of nitrogens with one attached hydrogen (secondary N) is 2. The molecule has 0 aliphatic heterocycles. The first-order chi connectivity index (χ1) is 14.6. The van der Waals surface area contributed by atoms with E-state index < -0.39 is 0 Å². The summed E-state index contributed by atoms with van der Waals surface area (Å²) < 4.78 is 1.76. The molecule has 1 aromatic carbocycles. The van der Waals surface area contributed by atoms with Gasteiger partial charge in [-0.1, -0.05) is 36.4 Å². The fraction of sp³-hybridized carbons (Fsp3) is 0.130. The quantitative estimate of drug-likeness (QED) is 0.477. The predicted octanol–water partition coefficient (Wildman–Crippen LogP) is 4.11. The first-order valence-electron chi connectivity index (χ1n) is 9.75. The summed E-state index contributed by atoms with van der Waals surface area (Å²) in [7, 11) is 0. The van der Waals surface area contributed by atoms with Crippen molar-refractivity contribution in [2.45, 2.75) is 19.9 Å². The highest BCUT2D eigenvalue weighted by Gasteiger charge is 2.19. The van der Waals surface area contributed by atoms with E-state index in [1.807, 2.05) is 62.4 Å². The smallest absolute Gasteiger partial charge is 0.263 e. The molecule has 4 heterocycles. The number of hydrogen-bond donors (Lipinski definition) is 2. The maximum Gasteiger partial charge on any atom is 0.263 e. The van der Waals surface area contributed by atoms with Crippen LogP contribution in [0.4, 0.5) is 5.82 Å². The molecule has 0 radical (unpaired) electrons. The highest BCUT2D eigenvalue weighted by Crippen LogP contribution is 2.30. The van der Waals surface area contributed by atoms with Gasteiger partial charge in [0.2, 0.25) is 0 Å². The number of nitrogens with zero attached hydrogens (tertiary/aromatic N) is 4. The summed E-state index contributed by atoms with van der Waals surface area (Å²) in [5, 5.41) is 3.43. The molecular weight excluding hydrogens is 376 g/mol. The van der Waals surface area contributed by atoms with Crippen molar-refractivity contribution < 1.29 is 0 Å². The van der Waals surface area contributed by atoms with E-state index >= 15 is 0 Å². The highest BCUT2D eigenvalue weighted by molar-refractivity contribution is 5.82. The molecule has 0 aliphatic carbocycles. The van der Waals surface area contributed by atoms with Crippen molar-refractivity contribution in [2.24, 2.45) is 0 Å². The van der Waals surface area contributed by atoms with E-state index in [9.17, 15) is 4.79 Å².